The van der Waals surface area contributed by atoms with Crippen LogP contribution >= 0.6 is 11.3 Å². The van der Waals surface area contributed by atoms with Crippen molar-refractivity contribution in [1.29, 1.82) is 0 Å². The number of fused-ring (bicyclic) bond motifs is 1. The average Bonchev–Trinajstić information content (AvgIpc) is 3.28. The maximum Gasteiger partial charge on any atom is 0.270 e. The summed E-state index contributed by atoms with van der Waals surface area (Å²) in [7, 11) is -3.78. The van der Waals surface area contributed by atoms with Crippen LogP contribution < -0.4 is 10.0 Å². The van der Waals surface area contributed by atoms with Crippen molar-refractivity contribution in [2.45, 2.75) is 4.90 Å². The molecule has 4 aromatic rings. The van der Waals surface area contributed by atoms with E-state index < -0.39 is 15.9 Å². The molecule has 0 saturated carbocycles. The van der Waals surface area contributed by atoms with Gasteiger partial charge >= 0.3 is 0 Å². The molecule has 2 aromatic heterocycles. The average molecular weight is 398 g/mol. The molecule has 0 radical (unpaired) electrons. The maximum absolute atomic E-state index is 12.6. The number of aromatic nitrogens is 2. The Morgan fingerprint density at radius 2 is 1.74 bits per heavy atom. The molecule has 3 N–H and O–H groups in total. The largest absolute Gasteiger partial charge is 0.324 e. The quantitative estimate of drug-likeness (QED) is 0.477. The number of hydrogen-bond acceptors (Lipinski definition) is 5. The number of nitrogens with one attached hydrogen (secondary N) is 3. The summed E-state index contributed by atoms with van der Waals surface area (Å²) in [5, 5.41) is 4.32. The van der Waals surface area contributed by atoms with E-state index in [1.54, 1.807) is 29.6 Å². The molecular weight excluding hydrogens is 384 g/mol. The summed E-state index contributed by atoms with van der Waals surface area (Å²) < 4.78 is 27.5. The van der Waals surface area contributed by atoms with E-state index in [1.165, 1.54) is 12.1 Å². The highest BCUT2D eigenvalue weighted by atomic mass is 32.2. The van der Waals surface area contributed by atoms with Gasteiger partial charge in [0.1, 0.15) is 4.88 Å². The van der Waals surface area contributed by atoms with Crippen molar-refractivity contribution in [3.8, 4) is 0 Å². The molecule has 0 saturated heterocycles. The summed E-state index contributed by atoms with van der Waals surface area (Å²) in [4.78, 5) is 20.3. The minimum atomic E-state index is -3.78. The lowest BCUT2D eigenvalue weighted by atomic mass is 10.3. The number of para-hydroxylation sites is 2. The van der Waals surface area contributed by atoms with Crippen LogP contribution in [0.25, 0.3) is 11.0 Å². The summed E-state index contributed by atoms with van der Waals surface area (Å²) in [5.41, 5.74) is 1.74. The first kappa shape index (κ1) is 17.3. The predicted molar refractivity (Wildman–Crippen MR) is 106 cm³/mol. The van der Waals surface area contributed by atoms with E-state index in [0.717, 1.165) is 22.4 Å². The molecule has 0 atom stereocenters. The molecular formula is C18H14N4O3S2. The van der Waals surface area contributed by atoms with E-state index in [1.807, 2.05) is 24.3 Å². The highest BCUT2D eigenvalue weighted by Gasteiger charge is 2.20. The van der Waals surface area contributed by atoms with Crippen LogP contribution in [0.2, 0.25) is 0 Å². The molecule has 2 aromatic carbocycles. The molecule has 136 valence electrons. The number of rotatable bonds is 5. The van der Waals surface area contributed by atoms with Crippen molar-refractivity contribution in [3.05, 3.63) is 70.9 Å². The Hall–Kier alpha value is -3.17. The van der Waals surface area contributed by atoms with E-state index >= 15 is 0 Å². The monoisotopic (exact) mass is 398 g/mol. The zero-order valence-electron chi connectivity index (χ0n) is 13.8. The van der Waals surface area contributed by atoms with Crippen LogP contribution in [0, 0.1) is 0 Å². The van der Waals surface area contributed by atoms with Gasteiger partial charge in [0.2, 0.25) is 5.95 Å². The number of sulfonamides is 1. The first-order valence-corrected chi connectivity index (χ1v) is 10.3. The van der Waals surface area contributed by atoms with Crippen molar-refractivity contribution in [2.75, 3.05) is 10.0 Å². The van der Waals surface area contributed by atoms with Gasteiger partial charge in [-0.05, 0) is 35.7 Å². The molecule has 27 heavy (non-hydrogen) atoms. The van der Waals surface area contributed by atoms with E-state index in [-0.39, 0.29) is 15.5 Å². The van der Waals surface area contributed by atoms with Gasteiger partial charge in [-0.15, -0.1) is 11.3 Å². The molecule has 1 amide bonds. The first-order chi connectivity index (χ1) is 13.0. The number of carbonyl (C=O) groups is 1. The molecule has 0 unspecified atom stereocenters. The zero-order valence-corrected chi connectivity index (χ0v) is 15.5. The highest BCUT2D eigenvalue weighted by molar-refractivity contribution is 7.92. The second kappa shape index (κ2) is 6.86. The third-order valence-corrected chi connectivity index (χ3v) is 6.09. The number of benzene rings is 2. The maximum atomic E-state index is 12.6. The number of hydrogen-bond donors (Lipinski definition) is 3. The Morgan fingerprint density at radius 3 is 2.52 bits per heavy atom. The van der Waals surface area contributed by atoms with Crippen LogP contribution in [0.3, 0.4) is 0 Å². The van der Waals surface area contributed by atoms with Gasteiger partial charge in [-0.1, -0.05) is 30.3 Å². The van der Waals surface area contributed by atoms with Crippen molar-refractivity contribution >= 4 is 49.9 Å². The fourth-order valence-corrected chi connectivity index (χ4v) is 4.45. The van der Waals surface area contributed by atoms with Crippen molar-refractivity contribution in [3.63, 3.8) is 0 Å². The fraction of sp³-hybridized carbons (Fsp3) is 0. The van der Waals surface area contributed by atoms with Gasteiger partial charge in [-0.2, -0.15) is 0 Å². The van der Waals surface area contributed by atoms with Gasteiger partial charge in [0.15, 0.2) is 0 Å². The van der Waals surface area contributed by atoms with Crippen LogP contribution in [0.1, 0.15) is 9.67 Å². The third-order valence-electron chi connectivity index (χ3n) is 3.79. The number of thiophene rings is 1. The Balaban J connectivity index is 1.57. The summed E-state index contributed by atoms with van der Waals surface area (Å²) in [6, 6.07) is 16.9. The Labute approximate surface area is 159 Å². The number of imidazole rings is 1. The van der Waals surface area contributed by atoms with E-state index in [2.05, 4.69) is 20.0 Å². The van der Waals surface area contributed by atoms with E-state index in [9.17, 15) is 13.2 Å². The standard InChI is InChI=1S/C18H14N4O3S2/c23-17(21-18-19-13-8-4-5-9-14(13)20-18)16-15(10-11-26-16)22-27(24,25)12-6-2-1-3-7-12/h1-11,22H,(H2,19,20,21,23). The summed E-state index contributed by atoms with van der Waals surface area (Å²) in [6.07, 6.45) is 0. The third kappa shape index (κ3) is 3.55. The second-order valence-electron chi connectivity index (χ2n) is 5.64. The van der Waals surface area contributed by atoms with Crippen molar-refractivity contribution in [1.82, 2.24) is 9.97 Å². The summed E-state index contributed by atoms with van der Waals surface area (Å²) >= 11 is 1.14. The minimum Gasteiger partial charge on any atom is -0.324 e. The molecule has 0 fully saturated rings. The lowest BCUT2D eigenvalue weighted by molar-refractivity contribution is 0.103. The number of aromatic amines is 1. The Bertz CT molecular complexity index is 1180. The van der Waals surface area contributed by atoms with E-state index in [0.29, 0.717) is 5.95 Å². The Kier molecular flexibility index (Phi) is 4.38. The van der Waals surface area contributed by atoms with Crippen molar-refractivity contribution in [2.24, 2.45) is 0 Å². The number of H-pyrrole nitrogens is 1. The first-order valence-electron chi connectivity index (χ1n) is 7.94. The summed E-state index contributed by atoms with van der Waals surface area (Å²) in [6.45, 7) is 0. The van der Waals surface area contributed by atoms with Gasteiger partial charge in [-0.3, -0.25) is 14.8 Å². The normalized spacial score (nSPS) is 11.4. The molecule has 7 nitrogen and oxygen atoms in total. The van der Waals surface area contributed by atoms with Gasteiger partial charge < -0.3 is 4.98 Å². The molecule has 0 bridgehead atoms. The molecule has 2 heterocycles. The molecule has 0 aliphatic heterocycles. The van der Waals surface area contributed by atoms with E-state index in [4.69, 9.17) is 0 Å². The molecule has 9 heteroatoms. The topological polar surface area (TPSA) is 104 Å². The molecule has 4 rings (SSSR count). The van der Waals surface area contributed by atoms with Crippen LogP contribution in [0.5, 0.6) is 0 Å². The van der Waals surface area contributed by atoms with Gasteiger partial charge in [-0.25, -0.2) is 13.4 Å². The minimum absolute atomic E-state index is 0.125. The molecule has 0 aliphatic carbocycles. The number of nitrogens with zero attached hydrogens (tertiary/aromatic N) is 1. The van der Waals surface area contributed by atoms with Gasteiger partial charge in [0.25, 0.3) is 15.9 Å². The lowest BCUT2D eigenvalue weighted by Crippen LogP contribution is -2.17. The van der Waals surface area contributed by atoms with Crippen LogP contribution in [0.4, 0.5) is 11.6 Å². The lowest BCUT2D eigenvalue weighted by Gasteiger charge is -2.08. The number of anilines is 2. The highest BCUT2D eigenvalue weighted by Crippen LogP contribution is 2.26. The van der Waals surface area contributed by atoms with Crippen LogP contribution in [-0.2, 0) is 10.0 Å². The second-order valence-corrected chi connectivity index (χ2v) is 8.24. The zero-order chi connectivity index (χ0) is 18.9. The molecule has 0 spiro atoms. The smallest absolute Gasteiger partial charge is 0.270 e. The van der Waals surface area contributed by atoms with Crippen LogP contribution in [0.15, 0.2) is 70.9 Å². The molecule has 0 aliphatic rings. The number of carbonyl (C=O) groups excluding carboxylic acids is 1. The van der Waals surface area contributed by atoms with Gasteiger partial charge in [0, 0.05) is 0 Å². The summed E-state index contributed by atoms with van der Waals surface area (Å²) in [5.74, 6) is -0.152. The SMILES string of the molecule is O=C(Nc1nc2ccccc2[nH]1)c1sccc1NS(=O)(=O)c1ccccc1. The van der Waals surface area contributed by atoms with Crippen molar-refractivity contribution < 1.29 is 13.2 Å². The number of amides is 1. The fourth-order valence-electron chi connectivity index (χ4n) is 2.55. The van der Waals surface area contributed by atoms with Crippen LogP contribution in [-0.4, -0.2) is 24.3 Å². The Morgan fingerprint density at radius 1 is 1.00 bits per heavy atom. The predicted octanol–water partition coefficient (Wildman–Crippen LogP) is 3.68. The van der Waals surface area contributed by atoms with Gasteiger partial charge in [0.05, 0.1) is 21.6 Å².